The van der Waals surface area contributed by atoms with Crippen LogP contribution in [-0.4, -0.2) is 90.4 Å². The third-order valence-corrected chi connectivity index (χ3v) is 9.93. The number of piperidine rings is 1. The lowest BCUT2D eigenvalue weighted by Gasteiger charge is -2.33. The molecule has 0 unspecified atom stereocenters. The van der Waals surface area contributed by atoms with E-state index in [9.17, 15) is 13.2 Å². The van der Waals surface area contributed by atoms with Crippen molar-refractivity contribution in [3.63, 3.8) is 0 Å². The van der Waals surface area contributed by atoms with Crippen molar-refractivity contribution in [2.75, 3.05) is 49.0 Å². The smallest absolute Gasteiger partial charge is 0.407 e. The van der Waals surface area contributed by atoms with Crippen molar-refractivity contribution in [3.05, 3.63) is 54.5 Å². The lowest BCUT2D eigenvalue weighted by molar-refractivity contribution is 0.0470. The summed E-state index contributed by atoms with van der Waals surface area (Å²) in [7, 11) is -3.87. The Morgan fingerprint density at radius 3 is 2.70 bits per heavy atom. The van der Waals surface area contributed by atoms with E-state index in [2.05, 4.69) is 34.8 Å². The van der Waals surface area contributed by atoms with E-state index in [1.807, 2.05) is 26.8 Å². The van der Waals surface area contributed by atoms with Gasteiger partial charge < -0.3 is 19.7 Å². The Hall–Kier alpha value is -3.92. The van der Waals surface area contributed by atoms with Gasteiger partial charge >= 0.3 is 6.09 Å². The molecule has 1 aromatic carbocycles. The van der Waals surface area contributed by atoms with E-state index in [4.69, 9.17) is 14.5 Å². The first-order valence-electron chi connectivity index (χ1n) is 15.3. The van der Waals surface area contributed by atoms with Crippen LogP contribution in [0.25, 0.3) is 21.0 Å². The van der Waals surface area contributed by atoms with Crippen LogP contribution in [-0.2, 0) is 26.0 Å². The number of amides is 1. The first kappa shape index (κ1) is 32.0. The average molecular weight is 667 g/mol. The normalized spacial score (nSPS) is 18.0. The maximum absolute atomic E-state index is 13.3. The zero-order valence-electron chi connectivity index (χ0n) is 26.1. The average Bonchev–Trinajstić information content (AvgIpc) is 3.46. The minimum atomic E-state index is -3.87. The Labute approximate surface area is 272 Å². The molecule has 46 heavy (non-hydrogen) atoms. The number of hydrogen-bond acceptors (Lipinski definition) is 12. The third-order valence-electron chi connectivity index (χ3n) is 7.56. The van der Waals surface area contributed by atoms with E-state index in [1.165, 1.54) is 17.5 Å². The monoisotopic (exact) mass is 666 g/mol. The minimum Gasteiger partial charge on any atom is -0.444 e. The number of morpholine rings is 1. The number of fused-ring (bicyclic) bond motifs is 1. The Balaban J connectivity index is 1.10. The van der Waals surface area contributed by atoms with Gasteiger partial charge in [-0.15, -0.1) is 0 Å². The van der Waals surface area contributed by atoms with Gasteiger partial charge in [-0.25, -0.2) is 28.2 Å². The van der Waals surface area contributed by atoms with Gasteiger partial charge in [0.2, 0.25) is 0 Å². The van der Waals surface area contributed by atoms with Crippen LogP contribution in [0.5, 0.6) is 0 Å². The molecule has 0 radical (unpaired) electrons. The summed E-state index contributed by atoms with van der Waals surface area (Å²) in [5.74, 6) is 0.778. The van der Waals surface area contributed by atoms with Crippen LogP contribution in [0.4, 0.5) is 16.3 Å². The van der Waals surface area contributed by atoms with Crippen LogP contribution in [0.1, 0.15) is 39.2 Å². The van der Waals surface area contributed by atoms with Crippen molar-refractivity contribution in [1.29, 1.82) is 0 Å². The number of pyridine rings is 1. The number of sulfonamides is 1. The second-order valence-electron chi connectivity index (χ2n) is 12.4. The van der Waals surface area contributed by atoms with Crippen LogP contribution in [0.15, 0.2) is 53.8 Å². The number of aromatic nitrogens is 4. The molecule has 0 saturated carbocycles. The van der Waals surface area contributed by atoms with Crippen LogP contribution in [0.3, 0.4) is 0 Å². The molecule has 2 aliphatic heterocycles. The molecular weight excluding hydrogens is 629 g/mol. The van der Waals surface area contributed by atoms with Crippen molar-refractivity contribution < 1.29 is 22.7 Å². The van der Waals surface area contributed by atoms with Crippen LogP contribution < -0.4 is 14.9 Å². The van der Waals surface area contributed by atoms with Gasteiger partial charge in [0.1, 0.15) is 27.3 Å². The van der Waals surface area contributed by atoms with E-state index in [1.54, 1.807) is 36.7 Å². The minimum absolute atomic E-state index is 0.0323. The molecule has 0 aliphatic carbocycles. The van der Waals surface area contributed by atoms with Crippen LogP contribution >= 0.6 is 11.3 Å². The van der Waals surface area contributed by atoms with Gasteiger partial charge in [-0.3, -0.25) is 14.6 Å². The van der Waals surface area contributed by atoms with Gasteiger partial charge in [-0.2, -0.15) is 0 Å². The molecule has 4 aromatic rings. The number of hydrogen-bond donors (Lipinski definition) is 2. The fourth-order valence-electron chi connectivity index (χ4n) is 5.51. The molecule has 2 saturated heterocycles. The number of nitrogens with zero attached hydrogens (tertiary/aromatic N) is 6. The summed E-state index contributed by atoms with van der Waals surface area (Å²) >= 11 is 1.41. The highest BCUT2D eigenvalue weighted by molar-refractivity contribution is 7.92. The highest BCUT2D eigenvalue weighted by Gasteiger charge is 2.25. The van der Waals surface area contributed by atoms with Gasteiger partial charge in [-0.05, 0) is 70.0 Å². The molecule has 2 fully saturated rings. The number of carbonyl (C=O) groups excluding carboxylic acids is 1. The highest BCUT2D eigenvalue weighted by atomic mass is 32.2. The summed E-state index contributed by atoms with van der Waals surface area (Å²) in [6.07, 6.45) is 4.39. The molecule has 2 N–H and O–H groups in total. The Morgan fingerprint density at radius 2 is 1.93 bits per heavy atom. The number of rotatable bonds is 8. The van der Waals surface area contributed by atoms with E-state index < -0.39 is 21.7 Å². The number of benzene rings is 1. The maximum Gasteiger partial charge on any atom is 0.407 e. The van der Waals surface area contributed by atoms with Gasteiger partial charge in [0.15, 0.2) is 5.82 Å². The van der Waals surface area contributed by atoms with Crippen molar-refractivity contribution in [1.82, 2.24) is 30.2 Å². The SMILES string of the molecule is CC(C)(C)OC(=O)N[C@@H]1CCCN(Cc2cccc(S(=O)(=O)Nc3ccc(-c4nc5c(N6CCOCC6)ncnc5s4)nc3)c2)C1. The zero-order valence-corrected chi connectivity index (χ0v) is 27.7. The lowest BCUT2D eigenvalue weighted by atomic mass is 10.0. The molecule has 6 rings (SSSR count). The molecule has 3 aromatic heterocycles. The summed E-state index contributed by atoms with van der Waals surface area (Å²) in [5.41, 5.74) is 1.98. The number of carbonyl (C=O) groups is 1. The predicted molar refractivity (Wildman–Crippen MR) is 176 cm³/mol. The molecule has 13 nitrogen and oxygen atoms in total. The van der Waals surface area contributed by atoms with E-state index in [0.29, 0.717) is 42.7 Å². The van der Waals surface area contributed by atoms with E-state index >= 15 is 0 Å². The Bertz CT molecular complexity index is 1790. The molecule has 2 aliphatic rings. The highest BCUT2D eigenvalue weighted by Crippen LogP contribution is 2.32. The number of anilines is 2. The summed E-state index contributed by atoms with van der Waals surface area (Å²) in [6.45, 7) is 10.3. The maximum atomic E-state index is 13.3. The van der Waals surface area contributed by atoms with Gasteiger partial charge in [0.25, 0.3) is 10.0 Å². The van der Waals surface area contributed by atoms with Gasteiger partial charge in [0, 0.05) is 32.2 Å². The largest absolute Gasteiger partial charge is 0.444 e. The molecule has 5 heterocycles. The number of thiazole rings is 1. The molecule has 1 atom stereocenters. The second kappa shape index (κ2) is 13.4. The fourth-order valence-corrected chi connectivity index (χ4v) is 7.51. The van der Waals surface area contributed by atoms with Crippen molar-refractivity contribution in [2.24, 2.45) is 0 Å². The topological polar surface area (TPSA) is 152 Å². The summed E-state index contributed by atoms with van der Waals surface area (Å²) in [6, 6.07) is 10.3. The first-order valence-corrected chi connectivity index (χ1v) is 17.6. The number of alkyl carbamates (subject to hydrolysis) is 1. The molecular formula is C31H38N8O5S2. The van der Waals surface area contributed by atoms with Gasteiger partial charge in [-0.1, -0.05) is 23.5 Å². The van der Waals surface area contributed by atoms with E-state index in [0.717, 1.165) is 54.2 Å². The molecule has 0 bridgehead atoms. The van der Waals surface area contributed by atoms with E-state index in [-0.39, 0.29) is 10.9 Å². The summed E-state index contributed by atoms with van der Waals surface area (Å²) < 4.78 is 40.2. The number of ether oxygens (including phenoxy) is 2. The molecule has 0 spiro atoms. The number of nitrogens with one attached hydrogen (secondary N) is 2. The Kier molecular flexibility index (Phi) is 9.36. The number of likely N-dealkylation sites (tertiary alicyclic amines) is 1. The fraction of sp³-hybridized carbons (Fsp3) is 0.452. The predicted octanol–water partition coefficient (Wildman–Crippen LogP) is 4.27. The van der Waals surface area contributed by atoms with Gasteiger partial charge in [0.05, 0.1) is 35.7 Å². The lowest BCUT2D eigenvalue weighted by Crippen LogP contribution is -2.48. The molecule has 1 amide bonds. The zero-order chi connectivity index (χ0) is 32.3. The summed E-state index contributed by atoms with van der Waals surface area (Å²) in [5, 5.41) is 3.64. The quantitative estimate of drug-likeness (QED) is 0.277. The standard InChI is InChI=1S/C31H38N8O5S2/c1-31(2,3)44-30(40)35-23-7-5-11-38(19-23)18-21-6-4-8-24(16-21)46(41,42)37-22-9-10-25(32-17-22)28-36-26-27(33-20-34-29(26)45-28)39-12-14-43-15-13-39/h4,6,8-10,16-17,20,23,37H,5,7,11-15,18-19H2,1-3H3,(H,35,40)/t23-/m1/s1. The Morgan fingerprint density at radius 1 is 1.11 bits per heavy atom. The summed E-state index contributed by atoms with van der Waals surface area (Å²) in [4.78, 5) is 35.7. The van der Waals surface area contributed by atoms with Crippen LogP contribution in [0, 0.1) is 0 Å². The third kappa shape index (κ3) is 7.89. The molecule has 15 heteroatoms. The van der Waals surface area contributed by atoms with Crippen LogP contribution in [0.2, 0.25) is 0 Å². The van der Waals surface area contributed by atoms with Crippen molar-refractivity contribution >= 4 is 49.3 Å². The second-order valence-corrected chi connectivity index (χ2v) is 15.0. The molecule has 244 valence electrons. The van der Waals surface area contributed by atoms with Crippen molar-refractivity contribution in [2.45, 2.75) is 56.7 Å². The van der Waals surface area contributed by atoms with Crippen molar-refractivity contribution in [3.8, 4) is 10.7 Å². The first-order chi connectivity index (χ1) is 22.0.